The predicted molar refractivity (Wildman–Crippen MR) is 129 cm³/mol. The number of hydrogen-bond acceptors (Lipinski definition) is 6. The van der Waals surface area contributed by atoms with Gasteiger partial charge in [-0.05, 0) is 25.5 Å². The highest BCUT2D eigenvalue weighted by Crippen LogP contribution is 2.34. The Hall–Kier alpha value is -2.91. The van der Waals surface area contributed by atoms with E-state index in [0.29, 0.717) is 18.4 Å². The van der Waals surface area contributed by atoms with Crippen molar-refractivity contribution in [1.82, 2.24) is 14.7 Å². The zero-order valence-electron chi connectivity index (χ0n) is 21.8. The van der Waals surface area contributed by atoms with Crippen molar-refractivity contribution in [2.75, 3.05) is 52.9 Å². The number of piperazine rings is 1. The van der Waals surface area contributed by atoms with Crippen LogP contribution in [0.2, 0.25) is 0 Å². The van der Waals surface area contributed by atoms with Crippen molar-refractivity contribution in [2.24, 2.45) is 5.92 Å². The van der Waals surface area contributed by atoms with Gasteiger partial charge in [0.1, 0.15) is 0 Å². The summed E-state index contributed by atoms with van der Waals surface area (Å²) in [5.41, 5.74) is 1.40. The van der Waals surface area contributed by atoms with E-state index in [2.05, 4.69) is 47.2 Å². The first-order chi connectivity index (χ1) is 18.6. The van der Waals surface area contributed by atoms with Crippen molar-refractivity contribution in [2.45, 2.75) is 43.8 Å². The van der Waals surface area contributed by atoms with Crippen molar-refractivity contribution >= 4 is 17.8 Å². The van der Waals surface area contributed by atoms with E-state index in [1.54, 1.807) is 0 Å². The fourth-order valence-electron chi connectivity index (χ4n) is 4.57. The van der Waals surface area contributed by atoms with Gasteiger partial charge >= 0.3 is 24.3 Å². The summed E-state index contributed by atoms with van der Waals surface area (Å²) < 4.78 is 69.7. The Morgan fingerprint density at radius 3 is 1.90 bits per heavy atom. The fourth-order valence-corrected chi connectivity index (χ4v) is 4.57. The fraction of sp³-hybridized carbons (Fsp3) is 0.640. The molecular weight excluding hydrogens is 552 g/mol. The molecule has 3 aliphatic rings. The van der Waals surface area contributed by atoms with E-state index in [1.165, 1.54) is 5.56 Å². The van der Waals surface area contributed by atoms with E-state index in [-0.39, 0.29) is 12.0 Å². The minimum atomic E-state index is -5.08. The molecule has 9 nitrogen and oxygen atoms in total. The van der Waals surface area contributed by atoms with Crippen LogP contribution in [-0.2, 0) is 25.5 Å². The summed E-state index contributed by atoms with van der Waals surface area (Å²) in [7, 11) is 2.12. The number of likely N-dealkylation sites (tertiary alicyclic amines) is 1. The highest BCUT2D eigenvalue weighted by Gasteiger charge is 2.42. The normalized spacial score (nSPS) is 23.4. The average Bonchev–Trinajstić information content (AvgIpc) is 3.41. The second kappa shape index (κ2) is 14.6. The Morgan fingerprint density at radius 1 is 0.900 bits per heavy atom. The van der Waals surface area contributed by atoms with Crippen molar-refractivity contribution in [3.8, 4) is 0 Å². The molecule has 0 unspecified atom stereocenters. The maximum Gasteiger partial charge on any atom is 0.490 e. The lowest BCUT2D eigenvalue weighted by molar-refractivity contribution is -0.193. The van der Waals surface area contributed by atoms with Crippen LogP contribution in [0.1, 0.15) is 18.4 Å². The lowest BCUT2D eigenvalue weighted by Gasteiger charge is -2.33. The Balaban J connectivity index is 0.000000333. The Bertz CT molecular complexity index is 932. The standard InChI is InChI=1S/C21H31N3O2.2C2HF3O2/c1-22-9-11-24(12-10-22)21(25)14-19-13-18-15-23(16-20(18)26-19)8-7-17-5-3-2-4-6-17;2*3-2(4,5)1(6)7/h2-6,18-20H,7-16H2,1H3;2*(H,6,7)/t18-,19+,20+;;/m0../s1. The molecule has 1 aromatic rings. The molecule has 4 rings (SSSR count). The first-order valence-electron chi connectivity index (χ1n) is 12.5. The molecule has 3 saturated heterocycles. The van der Waals surface area contributed by atoms with Gasteiger partial charge < -0.3 is 29.6 Å². The first-order valence-corrected chi connectivity index (χ1v) is 12.5. The van der Waals surface area contributed by atoms with Gasteiger partial charge in [-0.2, -0.15) is 26.3 Å². The van der Waals surface area contributed by atoms with E-state index < -0.39 is 24.3 Å². The maximum absolute atomic E-state index is 12.5. The largest absolute Gasteiger partial charge is 0.490 e. The van der Waals surface area contributed by atoms with Gasteiger partial charge in [0, 0.05) is 51.7 Å². The van der Waals surface area contributed by atoms with E-state index in [1.807, 2.05) is 4.90 Å². The van der Waals surface area contributed by atoms with Crippen LogP contribution in [0, 0.1) is 5.92 Å². The number of rotatable bonds is 5. The third kappa shape index (κ3) is 11.3. The quantitative estimate of drug-likeness (QED) is 0.508. The number of amides is 1. The summed E-state index contributed by atoms with van der Waals surface area (Å²) in [6.45, 7) is 6.95. The van der Waals surface area contributed by atoms with Gasteiger partial charge in [0.25, 0.3) is 0 Å². The van der Waals surface area contributed by atoms with Crippen molar-refractivity contribution in [3.05, 3.63) is 35.9 Å². The molecule has 226 valence electrons. The number of carboxylic acids is 2. The number of carbonyl (C=O) groups excluding carboxylic acids is 1. The molecule has 0 radical (unpaired) electrons. The number of halogens is 6. The van der Waals surface area contributed by atoms with Gasteiger partial charge in [0.15, 0.2) is 0 Å². The topological polar surface area (TPSA) is 111 Å². The number of carboxylic acid groups (broad SMARTS) is 2. The number of likely N-dealkylation sites (N-methyl/N-ethyl adjacent to an activating group) is 1. The third-order valence-electron chi connectivity index (χ3n) is 6.69. The molecule has 1 amide bonds. The number of ether oxygens (including phenoxy) is 1. The molecule has 3 atom stereocenters. The van der Waals surface area contributed by atoms with Crippen LogP contribution in [0.3, 0.4) is 0 Å². The van der Waals surface area contributed by atoms with E-state index in [9.17, 15) is 31.1 Å². The summed E-state index contributed by atoms with van der Waals surface area (Å²) in [4.78, 5) is 37.1. The molecule has 1 aromatic carbocycles. The van der Waals surface area contributed by atoms with Crippen LogP contribution in [0.4, 0.5) is 26.3 Å². The van der Waals surface area contributed by atoms with Gasteiger partial charge in [-0.25, -0.2) is 9.59 Å². The second-order valence-electron chi connectivity index (χ2n) is 9.78. The number of fused-ring (bicyclic) bond motifs is 1. The molecule has 3 heterocycles. The minimum absolute atomic E-state index is 0.133. The SMILES string of the molecule is CN1CCN(C(=O)C[C@H]2C[C@H]3CN(CCc4ccccc4)C[C@H]3O2)CC1.O=C(O)C(F)(F)F.O=C(O)C(F)(F)F. The molecule has 0 saturated carbocycles. The van der Waals surface area contributed by atoms with Crippen LogP contribution in [0.5, 0.6) is 0 Å². The maximum atomic E-state index is 12.5. The van der Waals surface area contributed by atoms with Gasteiger partial charge in [-0.3, -0.25) is 4.79 Å². The number of benzene rings is 1. The van der Waals surface area contributed by atoms with Crippen LogP contribution in [0.15, 0.2) is 30.3 Å². The molecule has 40 heavy (non-hydrogen) atoms. The highest BCUT2D eigenvalue weighted by molar-refractivity contribution is 5.77. The van der Waals surface area contributed by atoms with Crippen LogP contribution >= 0.6 is 0 Å². The lowest BCUT2D eigenvalue weighted by atomic mass is 10.0. The Labute approximate surface area is 227 Å². The third-order valence-corrected chi connectivity index (χ3v) is 6.69. The lowest BCUT2D eigenvalue weighted by Crippen LogP contribution is -2.47. The van der Waals surface area contributed by atoms with Crippen LogP contribution in [0.25, 0.3) is 0 Å². The zero-order valence-corrected chi connectivity index (χ0v) is 21.8. The summed E-state index contributed by atoms with van der Waals surface area (Å²) in [6.07, 6.45) is -6.98. The summed E-state index contributed by atoms with van der Waals surface area (Å²) >= 11 is 0. The van der Waals surface area contributed by atoms with Crippen LogP contribution < -0.4 is 0 Å². The van der Waals surface area contributed by atoms with Crippen molar-refractivity contribution in [3.63, 3.8) is 0 Å². The number of alkyl halides is 6. The number of aliphatic carboxylic acids is 2. The van der Waals surface area contributed by atoms with E-state index in [0.717, 1.165) is 58.7 Å². The number of nitrogens with zero attached hydrogens (tertiary/aromatic N) is 3. The summed E-state index contributed by atoms with van der Waals surface area (Å²) in [6, 6.07) is 10.7. The van der Waals surface area contributed by atoms with E-state index in [4.69, 9.17) is 24.5 Å². The monoisotopic (exact) mass is 585 g/mol. The number of carbonyl (C=O) groups is 3. The predicted octanol–water partition coefficient (Wildman–Crippen LogP) is 2.75. The van der Waals surface area contributed by atoms with Crippen molar-refractivity contribution < 1.29 is 55.7 Å². The molecule has 0 aliphatic carbocycles. The molecule has 3 fully saturated rings. The smallest absolute Gasteiger partial charge is 0.475 e. The van der Waals surface area contributed by atoms with Gasteiger partial charge in [0.2, 0.25) is 5.91 Å². The van der Waals surface area contributed by atoms with Crippen molar-refractivity contribution in [1.29, 1.82) is 0 Å². The molecule has 15 heteroatoms. The molecule has 0 spiro atoms. The van der Waals surface area contributed by atoms with E-state index >= 15 is 0 Å². The highest BCUT2D eigenvalue weighted by atomic mass is 19.4. The first kappa shape index (κ1) is 33.3. The van der Waals surface area contributed by atoms with Gasteiger partial charge in [-0.1, -0.05) is 30.3 Å². The summed E-state index contributed by atoms with van der Waals surface area (Å²) in [5.74, 6) is -4.62. The molecule has 2 N–H and O–H groups in total. The van der Waals surface area contributed by atoms with Gasteiger partial charge in [-0.15, -0.1) is 0 Å². The van der Waals surface area contributed by atoms with Crippen LogP contribution in [-0.4, -0.2) is 120 Å². The number of hydrogen-bond donors (Lipinski definition) is 2. The molecule has 3 aliphatic heterocycles. The molecule has 0 bridgehead atoms. The zero-order chi connectivity index (χ0) is 30.1. The van der Waals surface area contributed by atoms with Gasteiger partial charge in [0.05, 0.1) is 18.6 Å². The Kier molecular flexibility index (Phi) is 12.2. The Morgan fingerprint density at radius 2 is 1.43 bits per heavy atom. The minimum Gasteiger partial charge on any atom is -0.475 e. The molecular formula is C25H33F6N3O6. The average molecular weight is 586 g/mol. The summed E-state index contributed by atoms with van der Waals surface area (Å²) in [5, 5.41) is 14.2. The second-order valence-corrected chi connectivity index (χ2v) is 9.78. The molecule has 0 aromatic heterocycles.